The molecule has 0 N–H and O–H groups in total. The van der Waals surface area contributed by atoms with Crippen molar-refractivity contribution in [3.63, 3.8) is 0 Å². The van der Waals surface area contributed by atoms with Gasteiger partial charge in [-0.25, -0.2) is 8.42 Å². The van der Waals surface area contributed by atoms with Crippen LogP contribution in [0.3, 0.4) is 0 Å². The fraction of sp³-hybridized carbons (Fsp3) is 0.179. The molecule has 5 rings (SSSR count). The van der Waals surface area contributed by atoms with E-state index in [1.165, 1.54) is 4.31 Å². The van der Waals surface area contributed by atoms with Crippen molar-refractivity contribution in [1.82, 2.24) is 9.21 Å². The van der Waals surface area contributed by atoms with Gasteiger partial charge in [0.15, 0.2) is 0 Å². The Morgan fingerprint density at radius 2 is 1.18 bits per heavy atom. The molecule has 5 nitrogen and oxygen atoms in total. The smallest absolute Gasteiger partial charge is 0.243 e. The SMILES string of the molecule is O=C(C(c1ccccc1)c1ccccc1)N1CCN(S(=O)(=O)c2ccc3ccccc3c2)CC1. The first-order valence-corrected chi connectivity index (χ1v) is 12.9. The number of amides is 1. The maximum absolute atomic E-state index is 13.6. The van der Waals surface area contributed by atoms with Gasteiger partial charge in [-0.05, 0) is 34.0 Å². The number of sulfonamides is 1. The van der Waals surface area contributed by atoms with Gasteiger partial charge in [0, 0.05) is 26.2 Å². The predicted octanol–water partition coefficient (Wildman–Crippen LogP) is 4.50. The fourth-order valence-electron chi connectivity index (χ4n) is 4.58. The van der Waals surface area contributed by atoms with Crippen LogP contribution in [0, 0.1) is 0 Å². The van der Waals surface area contributed by atoms with Gasteiger partial charge in [0.05, 0.1) is 10.8 Å². The van der Waals surface area contributed by atoms with Crippen molar-refractivity contribution >= 4 is 26.7 Å². The second-order valence-corrected chi connectivity index (χ2v) is 10.4. The third-order valence-corrected chi connectivity index (χ3v) is 8.32. The molecule has 0 saturated carbocycles. The molecule has 4 aromatic carbocycles. The Morgan fingerprint density at radius 1 is 0.647 bits per heavy atom. The molecule has 0 aromatic heterocycles. The molecule has 4 aromatic rings. The minimum Gasteiger partial charge on any atom is -0.339 e. The molecule has 34 heavy (non-hydrogen) atoms. The average Bonchev–Trinajstić information content (AvgIpc) is 2.90. The standard InChI is InChI=1S/C28H26N2O3S/c31-28(27(23-10-3-1-4-11-23)24-12-5-2-6-13-24)29-17-19-30(20-18-29)34(32,33)26-16-15-22-9-7-8-14-25(22)21-26/h1-16,21,27H,17-20H2. The van der Waals surface area contributed by atoms with E-state index in [1.807, 2.05) is 91.0 Å². The topological polar surface area (TPSA) is 57.7 Å². The summed E-state index contributed by atoms with van der Waals surface area (Å²) >= 11 is 0. The van der Waals surface area contributed by atoms with Gasteiger partial charge in [0.25, 0.3) is 0 Å². The van der Waals surface area contributed by atoms with Crippen LogP contribution < -0.4 is 0 Å². The van der Waals surface area contributed by atoms with E-state index in [2.05, 4.69) is 0 Å². The minimum absolute atomic E-state index is 0.000142. The summed E-state index contributed by atoms with van der Waals surface area (Å²) in [7, 11) is -3.63. The van der Waals surface area contributed by atoms with E-state index >= 15 is 0 Å². The van der Waals surface area contributed by atoms with Crippen LogP contribution in [0.5, 0.6) is 0 Å². The van der Waals surface area contributed by atoms with Gasteiger partial charge in [-0.2, -0.15) is 4.31 Å². The van der Waals surface area contributed by atoms with Crippen molar-refractivity contribution in [3.05, 3.63) is 114 Å². The number of carbonyl (C=O) groups is 1. The van der Waals surface area contributed by atoms with Crippen LogP contribution in [0.25, 0.3) is 10.8 Å². The van der Waals surface area contributed by atoms with E-state index in [-0.39, 0.29) is 23.9 Å². The Labute approximate surface area is 200 Å². The highest BCUT2D eigenvalue weighted by molar-refractivity contribution is 7.89. The van der Waals surface area contributed by atoms with Crippen LogP contribution >= 0.6 is 0 Å². The monoisotopic (exact) mass is 470 g/mol. The molecule has 0 atom stereocenters. The number of piperazine rings is 1. The van der Waals surface area contributed by atoms with Gasteiger partial charge in [0.1, 0.15) is 0 Å². The third kappa shape index (κ3) is 4.34. The molecule has 0 spiro atoms. The van der Waals surface area contributed by atoms with Crippen molar-refractivity contribution in [2.75, 3.05) is 26.2 Å². The van der Waals surface area contributed by atoms with Crippen LogP contribution in [0.1, 0.15) is 17.0 Å². The van der Waals surface area contributed by atoms with Gasteiger partial charge in [-0.15, -0.1) is 0 Å². The minimum atomic E-state index is -3.63. The quantitative estimate of drug-likeness (QED) is 0.431. The van der Waals surface area contributed by atoms with Gasteiger partial charge in [0.2, 0.25) is 15.9 Å². The molecule has 0 aliphatic carbocycles. The zero-order valence-corrected chi connectivity index (χ0v) is 19.6. The second-order valence-electron chi connectivity index (χ2n) is 8.49. The van der Waals surface area contributed by atoms with E-state index in [9.17, 15) is 13.2 Å². The van der Waals surface area contributed by atoms with E-state index in [4.69, 9.17) is 0 Å². The van der Waals surface area contributed by atoms with Crippen molar-refractivity contribution in [2.24, 2.45) is 0 Å². The highest BCUT2D eigenvalue weighted by atomic mass is 32.2. The van der Waals surface area contributed by atoms with Gasteiger partial charge in [-0.1, -0.05) is 91.0 Å². The zero-order valence-electron chi connectivity index (χ0n) is 18.7. The fourth-order valence-corrected chi connectivity index (χ4v) is 6.03. The summed E-state index contributed by atoms with van der Waals surface area (Å²) in [4.78, 5) is 15.7. The molecule has 172 valence electrons. The maximum Gasteiger partial charge on any atom is 0.243 e. The van der Waals surface area contributed by atoms with Gasteiger partial charge in [-0.3, -0.25) is 4.79 Å². The van der Waals surface area contributed by atoms with Gasteiger partial charge >= 0.3 is 0 Å². The summed E-state index contributed by atoms with van der Waals surface area (Å²) in [5.41, 5.74) is 1.87. The Hall–Kier alpha value is -3.48. The van der Waals surface area contributed by atoms with E-state index in [1.54, 1.807) is 17.0 Å². The highest BCUT2D eigenvalue weighted by Gasteiger charge is 2.33. The lowest BCUT2D eigenvalue weighted by Gasteiger charge is -2.36. The number of carbonyl (C=O) groups excluding carboxylic acids is 1. The lowest BCUT2D eigenvalue weighted by molar-refractivity contribution is -0.133. The number of benzene rings is 4. The van der Waals surface area contributed by atoms with Crippen molar-refractivity contribution in [1.29, 1.82) is 0 Å². The molecule has 1 heterocycles. The Balaban J connectivity index is 1.35. The zero-order chi connectivity index (χ0) is 23.5. The van der Waals surface area contributed by atoms with Crippen molar-refractivity contribution in [3.8, 4) is 0 Å². The molecular formula is C28H26N2O3S. The number of hydrogen-bond acceptors (Lipinski definition) is 3. The predicted molar refractivity (Wildman–Crippen MR) is 134 cm³/mol. The normalized spacial score (nSPS) is 15.0. The first-order valence-electron chi connectivity index (χ1n) is 11.4. The Bertz CT molecular complexity index is 1360. The molecule has 0 unspecified atom stereocenters. The molecule has 1 amide bonds. The number of hydrogen-bond donors (Lipinski definition) is 0. The third-order valence-electron chi connectivity index (χ3n) is 6.42. The van der Waals surface area contributed by atoms with E-state index in [0.717, 1.165) is 21.9 Å². The van der Waals surface area contributed by atoms with Crippen molar-refractivity contribution in [2.45, 2.75) is 10.8 Å². The molecular weight excluding hydrogens is 444 g/mol. The molecule has 6 heteroatoms. The Morgan fingerprint density at radius 3 is 1.76 bits per heavy atom. The van der Waals surface area contributed by atoms with E-state index in [0.29, 0.717) is 13.1 Å². The van der Waals surface area contributed by atoms with Crippen LogP contribution in [-0.2, 0) is 14.8 Å². The number of rotatable bonds is 5. The lowest BCUT2D eigenvalue weighted by Crippen LogP contribution is -2.51. The molecule has 1 saturated heterocycles. The molecule has 1 aliphatic rings. The lowest BCUT2D eigenvalue weighted by atomic mass is 9.90. The van der Waals surface area contributed by atoms with E-state index < -0.39 is 15.9 Å². The van der Waals surface area contributed by atoms with Crippen LogP contribution in [-0.4, -0.2) is 49.7 Å². The molecule has 0 bridgehead atoms. The summed E-state index contributed by atoms with van der Waals surface area (Å²) in [5, 5.41) is 1.90. The highest BCUT2D eigenvalue weighted by Crippen LogP contribution is 2.28. The molecule has 1 fully saturated rings. The molecule has 0 radical (unpaired) electrons. The van der Waals surface area contributed by atoms with Crippen LogP contribution in [0.2, 0.25) is 0 Å². The number of fused-ring (bicyclic) bond motifs is 1. The van der Waals surface area contributed by atoms with Crippen LogP contribution in [0.4, 0.5) is 0 Å². The summed E-state index contributed by atoms with van der Waals surface area (Å²) < 4.78 is 28.1. The largest absolute Gasteiger partial charge is 0.339 e. The maximum atomic E-state index is 13.6. The average molecular weight is 471 g/mol. The second kappa shape index (κ2) is 9.41. The number of nitrogens with zero attached hydrogens (tertiary/aromatic N) is 2. The summed E-state index contributed by atoms with van der Waals surface area (Å²) in [6.45, 7) is 1.28. The first-order chi connectivity index (χ1) is 16.5. The van der Waals surface area contributed by atoms with Crippen LogP contribution in [0.15, 0.2) is 108 Å². The first kappa shape index (κ1) is 22.3. The van der Waals surface area contributed by atoms with Crippen molar-refractivity contribution < 1.29 is 13.2 Å². The summed E-state index contributed by atoms with van der Waals surface area (Å²) in [6, 6.07) is 32.4. The summed E-state index contributed by atoms with van der Waals surface area (Å²) in [5.74, 6) is -0.411. The Kier molecular flexibility index (Phi) is 6.18. The van der Waals surface area contributed by atoms with Gasteiger partial charge < -0.3 is 4.90 Å². The summed E-state index contributed by atoms with van der Waals surface area (Å²) in [6.07, 6.45) is 0. The molecule has 1 aliphatic heterocycles.